The average molecular weight is 2070 g/mol. The van der Waals surface area contributed by atoms with Crippen molar-refractivity contribution in [3.63, 3.8) is 0 Å². The van der Waals surface area contributed by atoms with Gasteiger partial charge in [-0.1, -0.05) is 264 Å². The molecule has 0 bridgehead atoms. The Kier molecular flexibility index (Phi) is 25.1. The zero-order valence-corrected chi connectivity index (χ0v) is 79.8. The number of halogens is 4. The number of carboxylic acids is 1. The molecule has 0 spiro atoms. The number of ether oxygens (including phenoxy) is 4. The second kappa shape index (κ2) is 38.4. The van der Waals surface area contributed by atoms with Crippen molar-refractivity contribution in [3.05, 3.63) is 411 Å². The van der Waals surface area contributed by atoms with Gasteiger partial charge in [0.2, 0.25) is 0 Å². The van der Waals surface area contributed by atoms with Crippen LogP contribution < -0.4 is 34.5 Å². The maximum Gasteiger partial charge on any atom is 0.335 e. The summed E-state index contributed by atoms with van der Waals surface area (Å²) in [6.45, 7) is 0.360. The van der Waals surface area contributed by atoms with E-state index in [2.05, 4.69) is 305 Å². The highest BCUT2D eigenvalue weighted by Gasteiger charge is 2.33. The van der Waals surface area contributed by atoms with Crippen LogP contribution in [0.4, 0.5) is 39.8 Å². The molecule has 4 aromatic heterocycles. The molecule has 3 N–H and O–H groups in total. The number of anilines is 7. The van der Waals surface area contributed by atoms with E-state index in [0.29, 0.717) is 16.7 Å². The first-order chi connectivity index (χ1) is 64.6. The third-order valence-corrected chi connectivity index (χ3v) is 29.5. The molecule has 0 radical (unpaired) electrons. The standard InChI is InChI=1S/C50H30N4O2S2.C26H14Br2N2S2.C14H8Br2O4.C13H10O.C6H7NS/c1-11-23-47-35(13-1)51-49(57-47)31-25-27-33(41(29-31)53-37-15-3-7-19-43(37)55-44-20-8-4-16-38(44)53)34-28-26-32(50-52-36-14-2-12-24-48(36)58-50)30-42(34)54-39-17-5-9-21-45(39)56-46-22-10-6-18-40(46)54;27-19-13-15(25-29-21-5-1-3-7-23(21)31-25)9-11-17(19)18-12-10-16(14-20(18)28)26-30-22-6-2-4-8-24(22)32-26;15-12-5-8(14(18)19)1-3-10(12)11-4-2-9(20-7-17)6-13(11)16;1-3-7-12-10(5-1)9-11-6-2-4-8-13(11)14-12;7-5-3-1-2-4-6(5)8/h1-30H;1-14H;1-7H,(H,18,19);1-8H,9H2;1-4,8H,7H2. The van der Waals surface area contributed by atoms with Crippen LogP contribution in [-0.2, 0) is 11.2 Å². The summed E-state index contributed by atoms with van der Waals surface area (Å²) in [5, 5.41) is 12.9. The van der Waals surface area contributed by atoms with Gasteiger partial charge in [0.15, 0.2) is 23.0 Å². The molecule has 0 unspecified atom stereocenters. The fraction of sp³-hybridized carbons (Fsp3) is 0.00917. The number of fused-ring (bicyclic) bond motifs is 10. The Morgan fingerprint density at radius 2 is 0.644 bits per heavy atom. The summed E-state index contributed by atoms with van der Waals surface area (Å²) < 4.78 is 31.8. The summed E-state index contributed by atoms with van der Waals surface area (Å²) in [5.41, 5.74) is 29.2. The summed E-state index contributed by atoms with van der Waals surface area (Å²) in [6, 6.07) is 126. The van der Waals surface area contributed by atoms with Gasteiger partial charge < -0.3 is 39.6 Å². The van der Waals surface area contributed by atoms with Crippen LogP contribution in [0.2, 0.25) is 0 Å². The smallest absolute Gasteiger partial charge is 0.335 e. The molecule has 3 aliphatic heterocycles. The van der Waals surface area contributed by atoms with Crippen LogP contribution in [0, 0.1) is 0 Å². The molecule has 23 heteroatoms. The average Bonchev–Trinajstić information content (AvgIpc) is 1.18. The quantitative estimate of drug-likeness (QED) is 0.0598. The van der Waals surface area contributed by atoms with Gasteiger partial charge in [-0.2, -0.15) is 0 Å². The molecular formula is C109H69Br4N7O7S5. The Morgan fingerprint density at radius 1 is 0.341 bits per heavy atom. The highest BCUT2D eigenvalue weighted by Crippen LogP contribution is 2.58. The Labute approximate surface area is 814 Å². The number of thiazole rings is 4. The maximum atomic E-state index is 10.9. The number of nitrogens with zero attached hydrogens (tertiary/aromatic N) is 6. The summed E-state index contributed by atoms with van der Waals surface area (Å²) in [5.74, 6) is 4.59. The number of thiol groups is 1. The first-order valence-corrected chi connectivity index (χ1v) is 48.5. The number of hydrogen-bond donors (Lipinski definition) is 3. The number of carbonyl (C=O) groups excluding carboxylic acids is 1. The molecule has 0 aliphatic carbocycles. The lowest BCUT2D eigenvalue weighted by atomic mass is 9.95. The van der Waals surface area contributed by atoms with Gasteiger partial charge in [-0.3, -0.25) is 4.79 Å². The van der Waals surface area contributed by atoms with Crippen molar-refractivity contribution in [3.8, 4) is 116 Å². The van der Waals surface area contributed by atoms with E-state index >= 15 is 0 Å². The molecule has 14 nitrogen and oxygen atoms in total. The second-order valence-corrected chi connectivity index (χ2v) is 38.5. The summed E-state index contributed by atoms with van der Waals surface area (Å²) in [7, 11) is 0. The number of nitrogens with two attached hydrogens (primary N) is 1. The van der Waals surface area contributed by atoms with Gasteiger partial charge in [-0.05, 0) is 209 Å². The van der Waals surface area contributed by atoms with Crippen molar-refractivity contribution in [1.82, 2.24) is 19.9 Å². The minimum atomic E-state index is -0.981. The first-order valence-electron chi connectivity index (χ1n) is 41.6. The Morgan fingerprint density at radius 3 is 0.985 bits per heavy atom. The number of aromatic carboxylic acids is 1. The number of rotatable bonds is 12. The summed E-state index contributed by atoms with van der Waals surface area (Å²) >= 11 is 25.3. The fourth-order valence-electron chi connectivity index (χ4n) is 15.8. The largest absolute Gasteiger partial charge is 0.478 e. The van der Waals surface area contributed by atoms with Crippen molar-refractivity contribution < 1.29 is 33.6 Å². The Balaban J connectivity index is 0.000000122. The van der Waals surface area contributed by atoms with Crippen molar-refractivity contribution in [2.24, 2.45) is 0 Å². The Bertz CT molecular complexity index is 7350. The lowest BCUT2D eigenvalue weighted by molar-refractivity contribution is -0.120. The fourth-order valence-corrected chi connectivity index (χ4v) is 22.2. The number of hydrogen-bond acceptors (Lipinski definition) is 18. The molecule has 640 valence electrons. The third kappa shape index (κ3) is 18.1. The number of carboxylic acid groups (broad SMARTS) is 1. The number of nitrogen functional groups attached to an aromatic ring is 1. The van der Waals surface area contributed by atoms with Crippen molar-refractivity contribution in [2.75, 3.05) is 15.5 Å². The van der Waals surface area contributed by atoms with Crippen LogP contribution in [0.5, 0.6) is 40.2 Å². The third-order valence-electron chi connectivity index (χ3n) is 22.1. The zero-order chi connectivity index (χ0) is 89.9. The lowest BCUT2D eigenvalue weighted by Gasteiger charge is -2.36. The zero-order valence-electron chi connectivity index (χ0n) is 69.3. The first kappa shape index (κ1) is 86.4. The van der Waals surface area contributed by atoms with E-state index in [4.69, 9.17) is 49.7 Å². The monoisotopic (exact) mass is 2060 g/mol. The SMILES string of the molecule is Brc1cc(-c2nc3ccccc3s2)ccc1-c1ccc(-c2nc3ccccc3s2)cc1Br.Nc1ccccc1S.O=COc1ccc(-c2ccc(C(=O)O)cc2Br)c(Br)c1.c1ccc2c(c1)Cc1ccccc1O2.c1ccc2c(c1)Oc1ccccc1N2c1cc(-c2nc3ccccc3s2)ccc1-c1ccc(-c2nc3ccccc3s2)cc1N1c2ccccc2Oc2ccccc21. The lowest BCUT2D eigenvalue weighted by Crippen LogP contribution is -2.18. The second-order valence-electron chi connectivity index (χ2n) is 30.5. The summed E-state index contributed by atoms with van der Waals surface area (Å²) in [4.78, 5) is 46.5. The van der Waals surface area contributed by atoms with Gasteiger partial charge in [0.25, 0.3) is 6.47 Å². The Hall–Kier alpha value is -13.7. The molecule has 0 saturated heterocycles. The normalized spacial score (nSPS) is 11.8. The van der Waals surface area contributed by atoms with Gasteiger partial charge in [-0.25, -0.2) is 24.7 Å². The highest BCUT2D eigenvalue weighted by atomic mass is 79.9. The molecule has 0 saturated carbocycles. The van der Waals surface area contributed by atoms with Crippen molar-refractivity contribution in [2.45, 2.75) is 11.3 Å². The van der Waals surface area contributed by atoms with Gasteiger partial charge >= 0.3 is 5.97 Å². The van der Waals surface area contributed by atoms with Crippen LogP contribution in [0.15, 0.2) is 399 Å². The molecule has 21 aromatic rings. The molecule has 0 fully saturated rings. The molecule has 0 amide bonds. The van der Waals surface area contributed by atoms with Gasteiger partial charge in [-0.15, -0.1) is 58.0 Å². The number of carbonyl (C=O) groups is 2. The molecule has 17 aromatic carbocycles. The van der Waals surface area contributed by atoms with Gasteiger partial charge in [0.1, 0.15) is 37.3 Å². The molecular weight excluding hydrogens is 2000 g/mol. The van der Waals surface area contributed by atoms with E-state index in [1.807, 2.05) is 121 Å². The predicted molar refractivity (Wildman–Crippen MR) is 558 cm³/mol. The minimum absolute atomic E-state index is 0.206. The van der Waals surface area contributed by atoms with Crippen LogP contribution in [0.1, 0.15) is 21.5 Å². The van der Waals surface area contributed by atoms with Crippen LogP contribution in [-0.4, -0.2) is 37.5 Å². The van der Waals surface area contributed by atoms with E-state index in [-0.39, 0.29) is 5.56 Å². The number of benzene rings is 17. The summed E-state index contributed by atoms with van der Waals surface area (Å²) in [6.07, 6.45) is 0.979. The van der Waals surface area contributed by atoms with Gasteiger partial charge in [0.05, 0.1) is 80.6 Å². The maximum absolute atomic E-state index is 10.9. The topological polar surface area (TPSA) is 175 Å². The number of aromatic nitrogens is 4. The molecule has 0 atom stereocenters. The van der Waals surface area contributed by atoms with Crippen LogP contribution in [0.3, 0.4) is 0 Å². The predicted octanol–water partition coefficient (Wildman–Crippen LogP) is 33.5. The van der Waals surface area contributed by atoms with Crippen molar-refractivity contribution >= 4 is 215 Å². The van der Waals surface area contributed by atoms with E-state index in [1.54, 1.807) is 75.7 Å². The van der Waals surface area contributed by atoms with Crippen LogP contribution >= 0.6 is 122 Å². The van der Waals surface area contributed by atoms with E-state index in [1.165, 1.54) is 26.6 Å². The number of para-hydroxylation sites is 15. The van der Waals surface area contributed by atoms with Crippen LogP contribution in [0.25, 0.3) is 117 Å². The highest BCUT2D eigenvalue weighted by molar-refractivity contribution is 9.11. The molecule has 7 heterocycles. The molecule has 24 rings (SSSR count). The molecule has 3 aliphatic rings. The van der Waals surface area contributed by atoms with E-state index < -0.39 is 5.97 Å². The minimum Gasteiger partial charge on any atom is -0.478 e. The van der Waals surface area contributed by atoms with Gasteiger partial charge in [0, 0.05) is 68.3 Å². The van der Waals surface area contributed by atoms with E-state index in [9.17, 15) is 9.59 Å². The van der Waals surface area contributed by atoms with Crippen molar-refractivity contribution in [1.29, 1.82) is 0 Å². The molecule has 132 heavy (non-hydrogen) atoms. The van der Waals surface area contributed by atoms with E-state index in [0.717, 1.165) is 206 Å².